The van der Waals surface area contributed by atoms with Crippen molar-refractivity contribution in [3.8, 4) is 0 Å². The zero-order chi connectivity index (χ0) is 14.0. The highest BCUT2D eigenvalue weighted by molar-refractivity contribution is 5.50. The molecule has 3 nitrogen and oxygen atoms in total. The molecule has 2 unspecified atom stereocenters. The van der Waals surface area contributed by atoms with E-state index in [1.807, 2.05) is 12.1 Å². The Kier molecular flexibility index (Phi) is 4.42. The van der Waals surface area contributed by atoms with Crippen LogP contribution in [0.3, 0.4) is 0 Å². The van der Waals surface area contributed by atoms with Crippen LogP contribution in [0, 0.1) is 5.82 Å². The molecule has 0 aliphatic carbocycles. The van der Waals surface area contributed by atoms with Gasteiger partial charge < -0.3 is 10.6 Å². The van der Waals surface area contributed by atoms with E-state index in [4.69, 9.17) is 5.73 Å². The standard InChI is InChI=1S/C15H24FN3/c1-11-9-19(10-12(2)18(11)3)15-5-4-13(6-7-17)8-14(15)16/h4-5,8,11-12H,6-7,9-10,17H2,1-3H3. The maximum absolute atomic E-state index is 14.2. The Bertz CT molecular complexity index is 423. The molecule has 106 valence electrons. The minimum atomic E-state index is -0.130. The molecule has 0 spiro atoms. The number of benzene rings is 1. The number of nitrogens with two attached hydrogens (primary N) is 1. The quantitative estimate of drug-likeness (QED) is 0.905. The van der Waals surface area contributed by atoms with E-state index in [-0.39, 0.29) is 5.82 Å². The van der Waals surface area contributed by atoms with Crippen LogP contribution in [-0.2, 0) is 6.42 Å². The first kappa shape index (κ1) is 14.3. The summed E-state index contributed by atoms with van der Waals surface area (Å²) in [5, 5.41) is 0. The molecule has 1 aliphatic heterocycles. The predicted octanol–water partition coefficient (Wildman–Crippen LogP) is 1.86. The lowest BCUT2D eigenvalue weighted by atomic mass is 10.1. The largest absolute Gasteiger partial charge is 0.366 e. The third-order valence-electron chi connectivity index (χ3n) is 4.15. The highest BCUT2D eigenvalue weighted by Gasteiger charge is 2.27. The molecule has 1 aromatic carbocycles. The van der Waals surface area contributed by atoms with Crippen LogP contribution in [-0.4, -0.2) is 43.7 Å². The predicted molar refractivity (Wildman–Crippen MR) is 78.1 cm³/mol. The molecule has 0 aromatic heterocycles. The molecule has 1 aliphatic rings. The molecule has 2 N–H and O–H groups in total. The topological polar surface area (TPSA) is 32.5 Å². The zero-order valence-corrected chi connectivity index (χ0v) is 12.1. The zero-order valence-electron chi connectivity index (χ0n) is 12.1. The van der Waals surface area contributed by atoms with Crippen molar-refractivity contribution in [1.29, 1.82) is 0 Å². The lowest BCUT2D eigenvalue weighted by Crippen LogP contribution is -2.55. The molecule has 0 amide bonds. The number of hydrogen-bond donors (Lipinski definition) is 1. The van der Waals surface area contributed by atoms with Crippen molar-refractivity contribution in [2.75, 3.05) is 31.6 Å². The van der Waals surface area contributed by atoms with Gasteiger partial charge in [-0.05, 0) is 51.6 Å². The van der Waals surface area contributed by atoms with Crippen LogP contribution in [0.1, 0.15) is 19.4 Å². The average Bonchev–Trinajstić information content (AvgIpc) is 2.36. The molecule has 0 saturated carbocycles. The van der Waals surface area contributed by atoms with Gasteiger partial charge in [0.05, 0.1) is 5.69 Å². The lowest BCUT2D eigenvalue weighted by molar-refractivity contribution is 0.169. The first-order valence-electron chi connectivity index (χ1n) is 6.98. The Labute approximate surface area is 115 Å². The Morgan fingerprint density at radius 1 is 1.26 bits per heavy atom. The fourth-order valence-electron chi connectivity index (χ4n) is 2.73. The van der Waals surface area contributed by atoms with Gasteiger partial charge in [0, 0.05) is 25.2 Å². The second-order valence-corrected chi connectivity index (χ2v) is 5.59. The van der Waals surface area contributed by atoms with E-state index >= 15 is 0 Å². The minimum absolute atomic E-state index is 0.130. The van der Waals surface area contributed by atoms with Crippen LogP contribution in [0.15, 0.2) is 18.2 Å². The SMILES string of the molecule is CC1CN(c2ccc(CCN)cc2F)CC(C)N1C. The Hall–Kier alpha value is -1.13. The monoisotopic (exact) mass is 265 g/mol. The molecular weight excluding hydrogens is 241 g/mol. The van der Waals surface area contributed by atoms with Gasteiger partial charge in [0.15, 0.2) is 0 Å². The van der Waals surface area contributed by atoms with Crippen LogP contribution < -0.4 is 10.6 Å². The lowest BCUT2D eigenvalue weighted by Gasteiger charge is -2.43. The first-order chi connectivity index (χ1) is 9.02. The molecule has 0 bridgehead atoms. The number of piperazine rings is 1. The van der Waals surface area contributed by atoms with Crippen LogP contribution in [0.5, 0.6) is 0 Å². The minimum Gasteiger partial charge on any atom is -0.366 e. The van der Waals surface area contributed by atoms with Gasteiger partial charge in [0.25, 0.3) is 0 Å². The molecular formula is C15H24FN3. The summed E-state index contributed by atoms with van der Waals surface area (Å²) in [6.45, 7) is 6.66. The van der Waals surface area contributed by atoms with E-state index in [1.165, 1.54) is 0 Å². The van der Waals surface area contributed by atoms with Gasteiger partial charge in [-0.25, -0.2) is 4.39 Å². The van der Waals surface area contributed by atoms with E-state index in [1.54, 1.807) is 6.07 Å². The van der Waals surface area contributed by atoms with Crippen molar-refractivity contribution in [3.63, 3.8) is 0 Å². The van der Waals surface area contributed by atoms with E-state index in [9.17, 15) is 4.39 Å². The summed E-state index contributed by atoms with van der Waals surface area (Å²) in [4.78, 5) is 4.49. The molecule has 19 heavy (non-hydrogen) atoms. The van der Waals surface area contributed by atoms with Gasteiger partial charge in [-0.15, -0.1) is 0 Å². The summed E-state index contributed by atoms with van der Waals surface area (Å²) in [5.74, 6) is -0.130. The van der Waals surface area contributed by atoms with Crippen LogP contribution in [0.4, 0.5) is 10.1 Å². The van der Waals surface area contributed by atoms with Gasteiger partial charge >= 0.3 is 0 Å². The second-order valence-electron chi connectivity index (χ2n) is 5.59. The molecule has 1 fully saturated rings. The molecule has 2 atom stereocenters. The normalized spacial score (nSPS) is 24.8. The molecule has 0 radical (unpaired) electrons. The average molecular weight is 265 g/mol. The first-order valence-corrected chi connectivity index (χ1v) is 6.98. The number of halogens is 1. The van der Waals surface area contributed by atoms with E-state index in [2.05, 4.69) is 30.7 Å². The van der Waals surface area contributed by atoms with Gasteiger partial charge in [0.1, 0.15) is 5.82 Å². The van der Waals surface area contributed by atoms with Crippen molar-refractivity contribution >= 4 is 5.69 Å². The molecule has 1 aromatic rings. The highest BCUT2D eigenvalue weighted by atomic mass is 19.1. The van der Waals surface area contributed by atoms with Crippen LogP contribution >= 0.6 is 0 Å². The highest BCUT2D eigenvalue weighted by Crippen LogP contribution is 2.25. The Morgan fingerprint density at radius 2 is 1.89 bits per heavy atom. The molecule has 4 heteroatoms. The fraction of sp³-hybridized carbons (Fsp3) is 0.600. The van der Waals surface area contributed by atoms with Crippen molar-refractivity contribution in [2.24, 2.45) is 5.73 Å². The van der Waals surface area contributed by atoms with Crippen LogP contribution in [0.2, 0.25) is 0 Å². The van der Waals surface area contributed by atoms with Crippen molar-refractivity contribution < 1.29 is 4.39 Å². The summed E-state index contributed by atoms with van der Waals surface area (Å²) >= 11 is 0. The van der Waals surface area contributed by atoms with Gasteiger partial charge in [0.2, 0.25) is 0 Å². The second kappa shape index (κ2) is 5.88. The number of anilines is 1. The number of rotatable bonds is 3. The van der Waals surface area contributed by atoms with E-state index in [0.29, 0.717) is 24.3 Å². The Morgan fingerprint density at radius 3 is 2.42 bits per heavy atom. The summed E-state index contributed by atoms with van der Waals surface area (Å²) in [6.07, 6.45) is 0.729. The third-order valence-corrected chi connectivity index (χ3v) is 4.15. The van der Waals surface area contributed by atoms with Crippen molar-refractivity contribution in [3.05, 3.63) is 29.6 Å². The summed E-state index contributed by atoms with van der Waals surface area (Å²) in [5.41, 5.74) is 7.19. The fourth-order valence-corrected chi connectivity index (χ4v) is 2.73. The number of nitrogens with zero attached hydrogens (tertiary/aromatic N) is 2. The summed E-state index contributed by atoms with van der Waals surface area (Å²) in [6, 6.07) is 6.37. The third kappa shape index (κ3) is 3.07. The molecule has 2 rings (SSSR count). The maximum Gasteiger partial charge on any atom is 0.146 e. The van der Waals surface area contributed by atoms with Gasteiger partial charge in [-0.2, -0.15) is 0 Å². The molecule has 1 heterocycles. The summed E-state index contributed by atoms with van der Waals surface area (Å²) < 4.78 is 14.2. The number of hydrogen-bond acceptors (Lipinski definition) is 3. The smallest absolute Gasteiger partial charge is 0.146 e. The Balaban J connectivity index is 2.18. The summed E-state index contributed by atoms with van der Waals surface area (Å²) in [7, 11) is 2.13. The van der Waals surface area contributed by atoms with Crippen LogP contribution in [0.25, 0.3) is 0 Å². The van der Waals surface area contributed by atoms with E-state index < -0.39 is 0 Å². The van der Waals surface area contributed by atoms with Crippen molar-refractivity contribution in [1.82, 2.24) is 4.90 Å². The van der Waals surface area contributed by atoms with Gasteiger partial charge in [-0.1, -0.05) is 6.07 Å². The maximum atomic E-state index is 14.2. The van der Waals surface area contributed by atoms with E-state index in [0.717, 1.165) is 25.1 Å². The van der Waals surface area contributed by atoms with Gasteiger partial charge in [-0.3, -0.25) is 4.90 Å². The molecule has 1 saturated heterocycles. The number of likely N-dealkylation sites (N-methyl/N-ethyl adjacent to an activating group) is 1. The van der Waals surface area contributed by atoms with Crippen molar-refractivity contribution in [2.45, 2.75) is 32.4 Å².